The second kappa shape index (κ2) is 5.63. The summed E-state index contributed by atoms with van der Waals surface area (Å²) in [7, 11) is 0. The summed E-state index contributed by atoms with van der Waals surface area (Å²) in [4.78, 5) is 19.6. The van der Waals surface area contributed by atoms with Crippen LogP contribution in [0, 0.1) is 0 Å². The second-order valence-electron chi connectivity index (χ2n) is 4.57. The molecule has 3 rings (SSSR count). The number of imidazole rings is 1. The Bertz CT molecular complexity index is 791. The monoisotopic (exact) mass is 278 g/mol. The molecule has 1 heterocycles. The fourth-order valence-corrected chi connectivity index (χ4v) is 2.09. The molecule has 0 unspecified atom stereocenters. The average Bonchev–Trinajstić information content (AvgIpc) is 2.96. The van der Waals surface area contributed by atoms with Gasteiger partial charge >= 0.3 is 5.97 Å². The molecular formula is C17H14N2O2. The number of fused-ring (bicyclic) bond motifs is 1. The van der Waals surface area contributed by atoms with Crippen LogP contribution in [0.1, 0.15) is 10.4 Å². The first-order valence-electron chi connectivity index (χ1n) is 6.61. The lowest BCUT2D eigenvalue weighted by Gasteiger charge is -2.01. The van der Waals surface area contributed by atoms with Gasteiger partial charge in [-0.25, -0.2) is 9.78 Å². The topological polar surface area (TPSA) is 55.0 Å². The van der Waals surface area contributed by atoms with E-state index in [1.165, 1.54) is 0 Å². The molecule has 3 aromatic rings. The van der Waals surface area contributed by atoms with Crippen LogP contribution in [0.15, 0.2) is 61.2 Å². The van der Waals surface area contributed by atoms with Crippen LogP contribution in [0.25, 0.3) is 22.4 Å². The minimum absolute atomic E-state index is 0.203. The molecule has 21 heavy (non-hydrogen) atoms. The van der Waals surface area contributed by atoms with E-state index in [-0.39, 0.29) is 12.6 Å². The zero-order chi connectivity index (χ0) is 14.7. The number of aromatic amines is 1. The molecule has 1 N–H and O–H groups in total. The largest absolute Gasteiger partial charge is 0.458 e. The van der Waals surface area contributed by atoms with Crippen molar-refractivity contribution in [3.05, 3.63) is 66.7 Å². The number of carbonyl (C=O) groups is 1. The number of benzene rings is 2. The Morgan fingerprint density at radius 3 is 2.81 bits per heavy atom. The third-order valence-electron chi connectivity index (χ3n) is 3.10. The Kier molecular flexibility index (Phi) is 3.51. The molecule has 0 radical (unpaired) electrons. The van der Waals surface area contributed by atoms with Gasteiger partial charge in [-0.15, -0.1) is 0 Å². The Labute approximate surface area is 122 Å². The van der Waals surface area contributed by atoms with Gasteiger partial charge in [0.1, 0.15) is 12.4 Å². The van der Waals surface area contributed by atoms with Gasteiger partial charge in [-0.2, -0.15) is 0 Å². The van der Waals surface area contributed by atoms with Crippen molar-refractivity contribution in [3.63, 3.8) is 0 Å². The SMILES string of the molecule is C=CCOC(=O)c1ccc2nc(-c3ccccc3)[nH]c2c1. The molecule has 104 valence electrons. The third kappa shape index (κ3) is 2.69. The van der Waals surface area contributed by atoms with Crippen LogP contribution < -0.4 is 0 Å². The predicted molar refractivity (Wildman–Crippen MR) is 82.0 cm³/mol. The van der Waals surface area contributed by atoms with Gasteiger partial charge in [0.2, 0.25) is 0 Å². The summed E-state index contributed by atoms with van der Waals surface area (Å²) in [5.74, 6) is 0.412. The maximum Gasteiger partial charge on any atom is 0.338 e. The second-order valence-corrected chi connectivity index (χ2v) is 4.57. The van der Waals surface area contributed by atoms with E-state index >= 15 is 0 Å². The number of rotatable bonds is 4. The maximum atomic E-state index is 11.8. The minimum atomic E-state index is -0.368. The maximum absolute atomic E-state index is 11.8. The van der Waals surface area contributed by atoms with Gasteiger partial charge in [0.25, 0.3) is 0 Å². The van der Waals surface area contributed by atoms with Crippen LogP contribution in [0.3, 0.4) is 0 Å². The van der Waals surface area contributed by atoms with Crippen LogP contribution in [-0.2, 0) is 4.74 Å². The zero-order valence-corrected chi connectivity index (χ0v) is 11.4. The molecule has 0 spiro atoms. The van der Waals surface area contributed by atoms with E-state index in [9.17, 15) is 4.79 Å². The van der Waals surface area contributed by atoms with Crippen LogP contribution in [0.5, 0.6) is 0 Å². The van der Waals surface area contributed by atoms with Crippen LogP contribution >= 0.6 is 0 Å². The van der Waals surface area contributed by atoms with E-state index < -0.39 is 0 Å². The van der Waals surface area contributed by atoms with E-state index in [0.29, 0.717) is 5.56 Å². The first kappa shape index (κ1) is 13.1. The van der Waals surface area contributed by atoms with E-state index in [0.717, 1.165) is 22.4 Å². The molecule has 2 aromatic carbocycles. The van der Waals surface area contributed by atoms with Gasteiger partial charge in [-0.3, -0.25) is 0 Å². The summed E-state index contributed by atoms with van der Waals surface area (Å²) < 4.78 is 5.03. The Hall–Kier alpha value is -2.88. The minimum Gasteiger partial charge on any atom is -0.458 e. The fourth-order valence-electron chi connectivity index (χ4n) is 2.09. The summed E-state index contributed by atoms with van der Waals surface area (Å²) >= 11 is 0. The highest BCUT2D eigenvalue weighted by Gasteiger charge is 2.10. The highest BCUT2D eigenvalue weighted by atomic mass is 16.5. The van der Waals surface area contributed by atoms with Gasteiger partial charge in [0, 0.05) is 5.56 Å². The number of esters is 1. The van der Waals surface area contributed by atoms with Crippen molar-refractivity contribution in [2.75, 3.05) is 6.61 Å². The molecule has 0 saturated carbocycles. The van der Waals surface area contributed by atoms with Gasteiger partial charge in [-0.1, -0.05) is 43.0 Å². The molecule has 4 nitrogen and oxygen atoms in total. The van der Waals surface area contributed by atoms with E-state index in [1.54, 1.807) is 18.2 Å². The number of hydrogen-bond donors (Lipinski definition) is 1. The normalized spacial score (nSPS) is 10.5. The standard InChI is InChI=1S/C17H14N2O2/c1-2-10-21-17(20)13-8-9-14-15(11-13)19-16(18-14)12-6-4-3-5-7-12/h2-9,11H,1,10H2,(H,18,19). The summed E-state index contributed by atoms with van der Waals surface area (Å²) in [6.45, 7) is 3.72. The lowest BCUT2D eigenvalue weighted by atomic mass is 10.2. The van der Waals surface area contributed by atoms with Crippen LogP contribution in [0.2, 0.25) is 0 Å². The molecule has 0 saturated heterocycles. The van der Waals surface area contributed by atoms with E-state index in [1.807, 2.05) is 36.4 Å². The molecule has 0 aliphatic heterocycles. The molecule has 1 aromatic heterocycles. The van der Waals surface area contributed by atoms with Crippen molar-refractivity contribution >= 4 is 17.0 Å². The summed E-state index contributed by atoms with van der Waals surface area (Å²) in [6.07, 6.45) is 1.54. The van der Waals surface area contributed by atoms with Gasteiger partial charge in [0.15, 0.2) is 0 Å². The van der Waals surface area contributed by atoms with Crippen molar-refractivity contribution in [2.24, 2.45) is 0 Å². The lowest BCUT2D eigenvalue weighted by molar-refractivity contribution is 0.0550. The first-order chi connectivity index (χ1) is 10.3. The highest BCUT2D eigenvalue weighted by molar-refractivity contribution is 5.94. The van der Waals surface area contributed by atoms with E-state index in [2.05, 4.69) is 16.5 Å². The fraction of sp³-hybridized carbons (Fsp3) is 0.0588. The quantitative estimate of drug-likeness (QED) is 0.586. The highest BCUT2D eigenvalue weighted by Crippen LogP contribution is 2.21. The molecular weight excluding hydrogens is 264 g/mol. The van der Waals surface area contributed by atoms with E-state index in [4.69, 9.17) is 4.74 Å². The summed E-state index contributed by atoms with van der Waals surface area (Å²) in [5, 5.41) is 0. The molecule has 0 atom stereocenters. The van der Waals surface area contributed by atoms with Gasteiger partial charge in [0.05, 0.1) is 16.6 Å². The number of ether oxygens (including phenoxy) is 1. The van der Waals surface area contributed by atoms with Crippen LogP contribution in [-0.4, -0.2) is 22.5 Å². The first-order valence-corrected chi connectivity index (χ1v) is 6.61. The number of aromatic nitrogens is 2. The Morgan fingerprint density at radius 1 is 1.24 bits per heavy atom. The average molecular weight is 278 g/mol. The molecule has 0 fully saturated rings. The molecule has 0 aliphatic carbocycles. The lowest BCUT2D eigenvalue weighted by Crippen LogP contribution is -2.04. The zero-order valence-electron chi connectivity index (χ0n) is 11.4. The molecule has 0 aliphatic rings. The third-order valence-corrected chi connectivity index (χ3v) is 3.10. The van der Waals surface area contributed by atoms with Crippen molar-refractivity contribution in [3.8, 4) is 11.4 Å². The summed E-state index contributed by atoms with van der Waals surface area (Å²) in [5.41, 5.74) is 3.12. The Balaban J connectivity index is 1.95. The number of hydrogen-bond acceptors (Lipinski definition) is 3. The van der Waals surface area contributed by atoms with Gasteiger partial charge in [-0.05, 0) is 18.2 Å². The summed E-state index contributed by atoms with van der Waals surface area (Å²) in [6, 6.07) is 15.1. The Morgan fingerprint density at radius 2 is 2.05 bits per heavy atom. The number of carbonyl (C=O) groups excluding carboxylic acids is 1. The van der Waals surface area contributed by atoms with Crippen molar-refractivity contribution in [2.45, 2.75) is 0 Å². The molecule has 0 amide bonds. The molecule has 4 heteroatoms. The predicted octanol–water partition coefficient (Wildman–Crippen LogP) is 3.57. The van der Waals surface area contributed by atoms with Crippen molar-refractivity contribution in [1.82, 2.24) is 9.97 Å². The number of nitrogens with one attached hydrogen (secondary N) is 1. The molecule has 0 bridgehead atoms. The van der Waals surface area contributed by atoms with Crippen molar-refractivity contribution < 1.29 is 9.53 Å². The van der Waals surface area contributed by atoms with Crippen LogP contribution in [0.4, 0.5) is 0 Å². The number of nitrogens with zero attached hydrogens (tertiary/aromatic N) is 1. The van der Waals surface area contributed by atoms with Crippen molar-refractivity contribution in [1.29, 1.82) is 0 Å². The van der Waals surface area contributed by atoms with Gasteiger partial charge < -0.3 is 9.72 Å². The smallest absolute Gasteiger partial charge is 0.338 e. The number of H-pyrrole nitrogens is 1.